The van der Waals surface area contributed by atoms with Gasteiger partial charge in [0.05, 0.1) is 0 Å². The van der Waals surface area contributed by atoms with Crippen LogP contribution in [0.5, 0.6) is 0 Å². The molecule has 130 valence electrons. The third-order valence-corrected chi connectivity index (χ3v) is 5.64. The van der Waals surface area contributed by atoms with Crippen LogP contribution in [-0.4, -0.2) is 28.2 Å². The van der Waals surface area contributed by atoms with E-state index in [0.29, 0.717) is 25.6 Å². The Balaban J connectivity index is 1.69. The zero-order chi connectivity index (χ0) is 16.9. The molecule has 0 bridgehead atoms. The van der Waals surface area contributed by atoms with Crippen LogP contribution in [0.1, 0.15) is 43.8 Å². The lowest BCUT2D eigenvalue weighted by atomic mass is 10.0. The number of alkyl halides is 3. The van der Waals surface area contributed by atoms with Crippen LogP contribution in [0.2, 0.25) is 0 Å². The quantitative estimate of drug-likeness (QED) is 0.645. The second-order valence-electron chi connectivity index (χ2n) is 6.96. The van der Waals surface area contributed by atoms with E-state index in [4.69, 9.17) is 0 Å². The Labute approximate surface area is 147 Å². The Morgan fingerprint density at radius 1 is 1.08 bits per heavy atom. The monoisotopic (exact) mass is 400 g/mol. The van der Waals surface area contributed by atoms with Gasteiger partial charge in [-0.1, -0.05) is 22.4 Å². The van der Waals surface area contributed by atoms with Crippen LogP contribution in [0.15, 0.2) is 28.7 Å². The molecule has 1 aliphatic carbocycles. The normalized spacial score (nSPS) is 23.1. The zero-order valence-electron chi connectivity index (χ0n) is 13.3. The second-order valence-corrected chi connectivity index (χ2v) is 7.88. The fourth-order valence-corrected chi connectivity index (χ4v) is 4.29. The van der Waals surface area contributed by atoms with Gasteiger partial charge < -0.3 is 4.57 Å². The summed E-state index contributed by atoms with van der Waals surface area (Å²) in [7, 11) is 0. The molecule has 0 radical (unpaired) electrons. The minimum absolute atomic E-state index is 0.221. The number of hydrogen-bond acceptors (Lipinski definition) is 1. The summed E-state index contributed by atoms with van der Waals surface area (Å²) in [6.45, 7) is 0.910. The molecule has 1 aromatic carbocycles. The van der Waals surface area contributed by atoms with Crippen molar-refractivity contribution in [1.82, 2.24) is 9.47 Å². The summed E-state index contributed by atoms with van der Waals surface area (Å²) in [5.74, 6) is 0. The SMILES string of the molecule is FC(F)(F)C1CCCCN1Cc1cc2cc(Br)ccc2n1C1CC1. The fraction of sp³-hybridized carbons (Fsp3) is 0.556. The van der Waals surface area contributed by atoms with Crippen LogP contribution in [0, 0.1) is 0 Å². The first kappa shape index (κ1) is 16.5. The summed E-state index contributed by atoms with van der Waals surface area (Å²) in [6, 6.07) is 7.34. The third-order valence-electron chi connectivity index (χ3n) is 5.15. The number of fused-ring (bicyclic) bond motifs is 1. The highest BCUT2D eigenvalue weighted by Gasteiger charge is 2.44. The molecule has 4 rings (SSSR count). The topological polar surface area (TPSA) is 8.17 Å². The Morgan fingerprint density at radius 3 is 2.58 bits per heavy atom. The predicted molar refractivity (Wildman–Crippen MR) is 92.0 cm³/mol. The molecule has 2 nitrogen and oxygen atoms in total. The standard InChI is InChI=1S/C18H20BrF3N2/c19-13-4-7-16-12(9-13)10-15(24(16)14-5-6-14)11-23-8-2-1-3-17(23)18(20,21)22/h4,7,9-10,14,17H,1-3,5-6,8,11H2. The third kappa shape index (κ3) is 3.10. The summed E-state index contributed by atoms with van der Waals surface area (Å²) in [6.07, 6.45) is -0.162. The Hall–Kier alpha value is -1.01. The molecular formula is C18H20BrF3N2. The van der Waals surface area contributed by atoms with E-state index in [9.17, 15) is 13.2 Å². The molecule has 0 spiro atoms. The summed E-state index contributed by atoms with van der Waals surface area (Å²) in [5, 5.41) is 1.10. The largest absolute Gasteiger partial charge is 0.404 e. The molecule has 0 N–H and O–H groups in total. The van der Waals surface area contributed by atoms with Gasteiger partial charge in [0.15, 0.2) is 0 Å². The lowest BCUT2D eigenvalue weighted by Gasteiger charge is -2.36. The van der Waals surface area contributed by atoms with Crippen molar-refractivity contribution in [3.8, 4) is 0 Å². The van der Waals surface area contributed by atoms with E-state index in [-0.39, 0.29) is 6.42 Å². The average molecular weight is 401 g/mol. The van der Waals surface area contributed by atoms with E-state index < -0.39 is 12.2 Å². The van der Waals surface area contributed by atoms with E-state index in [1.165, 1.54) is 0 Å². The first-order chi connectivity index (χ1) is 11.4. The van der Waals surface area contributed by atoms with E-state index >= 15 is 0 Å². The van der Waals surface area contributed by atoms with Crippen molar-refractivity contribution in [2.24, 2.45) is 0 Å². The molecule has 6 heteroatoms. The molecule has 1 unspecified atom stereocenters. The van der Waals surface area contributed by atoms with Crippen molar-refractivity contribution in [2.45, 2.75) is 56.9 Å². The number of halogens is 4. The maximum Gasteiger partial charge on any atom is 0.404 e. The van der Waals surface area contributed by atoms with Gasteiger partial charge in [-0.2, -0.15) is 13.2 Å². The minimum Gasteiger partial charge on any atom is -0.340 e. The summed E-state index contributed by atoms with van der Waals surface area (Å²) >= 11 is 3.48. The molecule has 2 aromatic rings. The van der Waals surface area contributed by atoms with Crippen LogP contribution in [0.3, 0.4) is 0 Å². The average Bonchev–Trinajstić information content (AvgIpc) is 3.29. The zero-order valence-corrected chi connectivity index (χ0v) is 14.9. The van der Waals surface area contributed by atoms with Crippen LogP contribution in [-0.2, 0) is 6.54 Å². The first-order valence-corrected chi connectivity index (χ1v) is 9.33. The Morgan fingerprint density at radius 2 is 1.88 bits per heavy atom. The van der Waals surface area contributed by atoms with Crippen molar-refractivity contribution in [3.05, 3.63) is 34.4 Å². The molecule has 1 atom stereocenters. The van der Waals surface area contributed by atoms with Gasteiger partial charge in [-0.3, -0.25) is 4.90 Å². The van der Waals surface area contributed by atoms with Gasteiger partial charge in [-0.25, -0.2) is 0 Å². The smallest absolute Gasteiger partial charge is 0.340 e. The van der Waals surface area contributed by atoms with Gasteiger partial charge in [-0.05, 0) is 56.5 Å². The molecule has 1 aromatic heterocycles. The van der Waals surface area contributed by atoms with Crippen molar-refractivity contribution in [1.29, 1.82) is 0 Å². The Kier molecular flexibility index (Phi) is 4.15. The van der Waals surface area contributed by atoms with Crippen LogP contribution in [0.25, 0.3) is 10.9 Å². The van der Waals surface area contributed by atoms with Crippen molar-refractivity contribution >= 4 is 26.8 Å². The minimum atomic E-state index is -4.14. The van der Waals surface area contributed by atoms with Crippen molar-refractivity contribution in [3.63, 3.8) is 0 Å². The van der Waals surface area contributed by atoms with E-state index in [2.05, 4.69) is 38.7 Å². The molecule has 2 fully saturated rings. The lowest BCUT2D eigenvalue weighted by Crippen LogP contribution is -2.48. The molecule has 24 heavy (non-hydrogen) atoms. The van der Waals surface area contributed by atoms with Gasteiger partial charge in [0.25, 0.3) is 0 Å². The highest BCUT2D eigenvalue weighted by atomic mass is 79.9. The number of hydrogen-bond donors (Lipinski definition) is 0. The predicted octanol–water partition coefficient (Wildman–Crippen LogP) is 5.66. The van der Waals surface area contributed by atoms with E-state index in [1.54, 1.807) is 4.90 Å². The number of nitrogens with zero attached hydrogens (tertiary/aromatic N) is 2. The highest BCUT2D eigenvalue weighted by molar-refractivity contribution is 9.10. The second kappa shape index (κ2) is 6.06. The van der Waals surface area contributed by atoms with Gasteiger partial charge in [0.2, 0.25) is 0 Å². The van der Waals surface area contributed by atoms with Gasteiger partial charge in [0, 0.05) is 33.7 Å². The van der Waals surface area contributed by atoms with Gasteiger partial charge in [-0.15, -0.1) is 0 Å². The first-order valence-electron chi connectivity index (χ1n) is 8.53. The summed E-state index contributed by atoms with van der Waals surface area (Å²) in [5.41, 5.74) is 2.15. The molecule has 1 saturated heterocycles. The highest BCUT2D eigenvalue weighted by Crippen LogP contribution is 2.41. The number of rotatable bonds is 3. The number of piperidine rings is 1. The molecule has 1 aliphatic heterocycles. The maximum atomic E-state index is 13.4. The molecule has 1 saturated carbocycles. The number of likely N-dealkylation sites (tertiary alicyclic amines) is 1. The van der Waals surface area contributed by atoms with Gasteiger partial charge >= 0.3 is 6.18 Å². The van der Waals surface area contributed by atoms with Crippen molar-refractivity contribution < 1.29 is 13.2 Å². The maximum absolute atomic E-state index is 13.4. The van der Waals surface area contributed by atoms with E-state index in [1.807, 2.05) is 6.07 Å². The van der Waals surface area contributed by atoms with E-state index in [0.717, 1.165) is 40.3 Å². The van der Waals surface area contributed by atoms with Crippen LogP contribution in [0.4, 0.5) is 13.2 Å². The van der Waals surface area contributed by atoms with Crippen LogP contribution >= 0.6 is 15.9 Å². The molecule has 2 heterocycles. The van der Waals surface area contributed by atoms with Gasteiger partial charge in [0.1, 0.15) is 6.04 Å². The molecular weight excluding hydrogens is 381 g/mol. The van der Waals surface area contributed by atoms with Crippen LogP contribution < -0.4 is 0 Å². The summed E-state index contributed by atoms with van der Waals surface area (Å²) in [4.78, 5) is 1.63. The van der Waals surface area contributed by atoms with Crippen molar-refractivity contribution in [2.75, 3.05) is 6.54 Å². The number of aromatic nitrogens is 1. The number of benzene rings is 1. The molecule has 0 amide bonds. The fourth-order valence-electron chi connectivity index (χ4n) is 3.91. The lowest BCUT2D eigenvalue weighted by molar-refractivity contribution is -0.192. The summed E-state index contributed by atoms with van der Waals surface area (Å²) < 4.78 is 43.4. The molecule has 2 aliphatic rings. The Bertz CT molecular complexity index is 749.